The number of methoxy groups -OCH3 is 1. The van der Waals surface area contributed by atoms with Gasteiger partial charge >= 0.3 is 5.97 Å². The molecule has 2 heterocycles. The summed E-state index contributed by atoms with van der Waals surface area (Å²) >= 11 is 3.13. The third kappa shape index (κ3) is 2.29. The second-order valence-electron chi connectivity index (χ2n) is 4.22. The number of ether oxygens (including phenoxy) is 1. The number of rotatable bonds is 2. The molecule has 0 saturated heterocycles. The molecule has 0 amide bonds. The van der Waals surface area contributed by atoms with Gasteiger partial charge in [-0.05, 0) is 46.3 Å². The monoisotopic (exact) mass is 349 g/mol. The van der Waals surface area contributed by atoms with Gasteiger partial charge < -0.3 is 4.74 Å². The van der Waals surface area contributed by atoms with Crippen molar-refractivity contribution in [2.75, 3.05) is 7.11 Å². The van der Waals surface area contributed by atoms with Crippen LogP contribution < -0.4 is 0 Å². The first kappa shape index (κ1) is 13.7. The molecule has 7 heteroatoms. The summed E-state index contributed by atoms with van der Waals surface area (Å²) in [4.78, 5) is 16.0. The first-order chi connectivity index (χ1) is 10.1. The van der Waals surface area contributed by atoms with E-state index in [2.05, 4.69) is 26.0 Å². The van der Waals surface area contributed by atoms with Crippen molar-refractivity contribution >= 4 is 32.9 Å². The Morgan fingerprint density at radius 2 is 2.19 bits per heavy atom. The van der Waals surface area contributed by atoms with E-state index in [1.807, 2.05) is 0 Å². The van der Waals surface area contributed by atoms with Crippen LogP contribution in [-0.4, -0.2) is 27.8 Å². The lowest BCUT2D eigenvalue weighted by atomic mass is 10.2. The van der Waals surface area contributed by atoms with Crippen LogP contribution in [-0.2, 0) is 4.74 Å². The highest BCUT2D eigenvalue weighted by Crippen LogP contribution is 2.24. The summed E-state index contributed by atoms with van der Waals surface area (Å²) in [5.74, 6) is -0.927. The summed E-state index contributed by atoms with van der Waals surface area (Å²) in [6.07, 6.45) is 1.60. The van der Waals surface area contributed by atoms with Crippen LogP contribution in [0.1, 0.15) is 10.5 Å². The molecule has 0 spiro atoms. The molecule has 0 bridgehead atoms. The lowest BCUT2D eigenvalue weighted by Gasteiger charge is -2.03. The number of halogens is 2. The Hall–Kier alpha value is -2.28. The standard InChI is InChI=1S/C14H9BrFN3O2/c1-21-14(20)12-9-3-2-6-17-13(9)19(18-12)8-4-5-11(16)10(15)7-8/h2-7H,1H3. The molecule has 21 heavy (non-hydrogen) atoms. The number of aromatic nitrogens is 3. The fourth-order valence-corrected chi connectivity index (χ4v) is 2.36. The van der Waals surface area contributed by atoms with E-state index in [4.69, 9.17) is 4.74 Å². The van der Waals surface area contributed by atoms with Crippen molar-refractivity contribution in [2.24, 2.45) is 0 Å². The number of esters is 1. The second kappa shape index (κ2) is 5.25. The van der Waals surface area contributed by atoms with Crippen LogP contribution in [0.3, 0.4) is 0 Å². The Bertz CT molecular complexity index is 847. The van der Waals surface area contributed by atoms with E-state index in [0.29, 0.717) is 21.2 Å². The number of benzene rings is 1. The van der Waals surface area contributed by atoms with Crippen LogP contribution in [0.15, 0.2) is 41.0 Å². The van der Waals surface area contributed by atoms with Gasteiger partial charge in [0.25, 0.3) is 0 Å². The minimum atomic E-state index is -0.548. The lowest BCUT2D eigenvalue weighted by Crippen LogP contribution is -2.04. The third-order valence-electron chi connectivity index (χ3n) is 2.97. The first-order valence-electron chi connectivity index (χ1n) is 5.99. The molecule has 0 fully saturated rings. The Morgan fingerprint density at radius 3 is 2.90 bits per heavy atom. The molecule has 0 atom stereocenters. The topological polar surface area (TPSA) is 57.0 Å². The normalized spacial score (nSPS) is 10.8. The summed E-state index contributed by atoms with van der Waals surface area (Å²) in [7, 11) is 1.29. The molecule has 0 unspecified atom stereocenters. The number of hydrogen-bond acceptors (Lipinski definition) is 4. The average molecular weight is 350 g/mol. The van der Waals surface area contributed by atoms with Gasteiger partial charge in [-0.15, -0.1) is 0 Å². The molecule has 0 N–H and O–H groups in total. The Labute approximate surface area is 127 Å². The maximum Gasteiger partial charge on any atom is 0.359 e. The molecule has 0 radical (unpaired) electrons. The minimum absolute atomic E-state index is 0.168. The van der Waals surface area contributed by atoms with Gasteiger partial charge in [-0.3, -0.25) is 0 Å². The molecule has 3 rings (SSSR count). The van der Waals surface area contributed by atoms with Crippen molar-refractivity contribution in [3.8, 4) is 5.69 Å². The largest absolute Gasteiger partial charge is 0.464 e. The van der Waals surface area contributed by atoms with Crippen molar-refractivity contribution in [3.63, 3.8) is 0 Å². The Kier molecular flexibility index (Phi) is 3.42. The van der Waals surface area contributed by atoms with Crippen LogP contribution in [0, 0.1) is 5.82 Å². The summed E-state index contributed by atoms with van der Waals surface area (Å²) in [5, 5.41) is 4.81. The Balaban J connectivity index is 2.27. The first-order valence-corrected chi connectivity index (χ1v) is 6.78. The van der Waals surface area contributed by atoms with E-state index < -0.39 is 5.97 Å². The van der Waals surface area contributed by atoms with E-state index in [0.717, 1.165) is 0 Å². The van der Waals surface area contributed by atoms with Crippen LogP contribution >= 0.6 is 15.9 Å². The van der Waals surface area contributed by atoms with Gasteiger partial charge in [-0.25, -0.2) is 18.9 Å². The second-order valence-corrected chi connectivity index (χ2v) is 5.08. The summed E-state index contributed by atoms with van der Waals surface area (Å²) in [6.45, 7) is 0. The molecule has 2 aromatic heterocycles. The summed E-state index contributed by atoms with van der Waals surface area (Å²) in [5.41, 5.74) is 1.25. The molecular formula is C14H9BrFN3O2. The Morgan fingerprint density at radius 1 is 1.38 bits per heavy atom. The van der Waals surface area contributed by atoms with E-state index >= 15 is 0 Å². The SMILES string of the molecule is COC(=O)c1nn(-c2ccc(F)c(Br)c2)c2ncccc12. The van der Waals surface area contributed by atoms with Crippen molar-refractivity contribution in [3.05, 3.63) is 52.5 Å². The molecule has 0 aliphatic heterocycles. The van der Waals surface area contributed by atoms with Crippen LogP contribution in [0.2, 0.25) is 0 Å². The maximum absolute atomic E-state index is 13.4. The molecule has 0 aliphatic rings. The van der Waals surface area contributed by atoms with Crippen molar-refractivity contribution in [1.82, 2.24) is 14.8 Å². The minimum Gasteiger partial charge on any atom is -0.464 e. The van der Waals surface area contributed by atoms with Gasteiger partial charge in [0.05, 0.1) is 22.7 Å². The van der Waals surface area contributed by atoms with Gasteiger partial charge in [0, 0.05) is 6.20 Å². The smallest absolute Gasteiger partial charge is 0.359 e. The van der Waals surface area contributed by atoms with Crippen molar-refractivity contribution < 1.29 is 13.9 Å². The number of pyridine rings is 1. The maximum atomic E-state index is 13.4. The van der Waals surface area contributed by atoms with Gasteiger partial charge in [0.15, 0.2) is 11.3 Å². The van der Waals surface area contributed by atoms with E-state index in [1.165, 1.54) is 17.9 Å². The van der Waals surface area contributed by atoms with Crippen LogP contribution in [0.25, 0.3) is 16.7 Å². The summed E-state index contributed by atoms with van der Waals surface area (Å²) in [6, 6.07) is 7.88. The van der Waals surface area contributed by atoms with E-state index in [9.17, 15) is 9.18 Å². The summed E-state index contributed by atoms with van der Waals surface area (Å²) < 4.78 is 19.9. The molecule has 0 aliphatic carbocycles. The van der Waals surface area contributed by atoms with E-state index in [1.54, 1.807) is 30.5 Å². The van der Waals surface area contributed by atoms with Gasteiger partial charge in [0.1, 0.15) is 5.82 Å². The average Bonchev–Trinajstić information content (AvgIpc) is 2.89. The number of nitrogens with zero attached hydrogens (tertiary/aromatic N) is 3. The predicted molar refractivity (Wildman–Crippen MR) is 77.9 cm³/mol. The van der Waals surface area contributed by atoms with Crippen LogP contribution in [0.5, 0.6) is 0 Å². The van der Waals surface area contributed by atoms with Gasteiger partial charge in [0.2, 0.25) is 0 Å². The van der Waals surface area contributed by atoms with Gasteiger partial charge in [-0.2, -0.15) is 5.10 Å². The zero-order chi connectivity index (χ0) is 15.0. The van der Waals surface area contributed by atoms with Crippen LogP contribution in [0.4, 0.5) is 4.39 Å². The number of hydrogen-bond donors (Lipinski definition) is 0. The molecule has 106 valence electrons. The number of carbonyl (C=O) groups is 1. The molecular weight excluding hydrogens is 341 g/mol. The number of fused-ring (bicyclic) bond motifs is 1. The molecule has 1 aromatic carbocycles. The highest BCUT2D eigenvalue weighted by molar-refractivity contribution is 9.10. The number of carbonyl (C=O) groups excluding carboxylic acids is 1. The zero-order valence-electron chi connectivity index (χ0n) is 10.9. The van der Waals surface area contributed by atoms with Gasteiger partial charge in [-0.1, -0.05) is 0 Å². The van der Waals surface area contributed by atoms with Crippen molar-refractivity contribution in [1.29, 1.82) is 0 Å². The fourth-order valence-electron chi connectivity index (χ4n) is 2.00. The molecule has 0 saturated carbocycles. The van der Waals surface area contributed by atoms with E-state index in [-0.39, 0.29) is 11.5 Å². The third-order valence-corrected chi connectivity index (χ3v) is 3.58. The highest BCUT2D eigenvalue weighted by atomic mass is 79.9. The zero-order valence-corrected chi connectivity index (χ0v) is 12.5. The predicted octanol–water partition coefficient (Wildman–Crippen LogP) is 3.11. The fraction of sp³-hybridized carbons (Fsp3) is 0.0714. The highest BCUT2D eigenvalue weighted by Gasteiger charge is 2.19. The quantitative estimate of drug-likeness (QED) is 0.667. The van der Waals surface area contributed by atoms with Crippen molar-refractivity contribution in [2.45, 2.75) is 0 Å². The molecule has 3 aromatic rings. The lowest BCUT2D eigenvalue weighted by molar-refractivity contribution is 0.0595. The molecule has 5 nitrogen and oxygen atoms in total.